The number of carbonyl (C=O) groups excluding carboxylic acids is 2. The van der Waals surface area contributed by atoms with E-state index in [1.165, 1.54) is 6.92 Å². The van der Waals surface area contributed by atoms with Crippen LogP contribution in [0.5, 0.6) is 0 Å². The molecule has 4 unspecified atom stereocenters. The molecule has 1 aliphatic rings. The van der Waals surface area contributed by atoms with Gasteiger partial charge in [0, 0.05) is 6.92 Å². The van der Waals surface area contributed by atoms with Crippen molar-refractivity contribution in [1.82, 2.24) is 5.32 Å². The summed E-state index contributed by atoms with van der Waals surface area (Å²) < 4.78 is 18.2. The van der Waals surface area contributed by atoms with E-state index >= 15 is 0 Å². The van der Waals surface area contributed by atoms with Gasteiger partial charge in [-0.15, -0.1) is 0 Å². The lowest BCUT2D eigenvalue weighted by molar-refractivity contribution is -0.218. The third kappa shape index (κ3) is 5.64. The molecule has 0 radical (unpaired) electrons. The van der Waals surface area contributed by atoms with Gasteiger partial charge in [0.15, 0.2) is 30.1 Å². The highest BCUT2D eigenvalue weighted by Crippen LogP contribution is 2.40. The standard InChI is InChI=1S/C17H35NO5Si2/c1-11(19)21-14-12(13(20)18-14)17(8,22-24(9)15(2,3)4)23-25(10)16(5,6)7/h12,14,24-25H,1-10H3,(H,18,20). The van der Waals surface area contributed by atoms with Crippen LogP contribution in [0.25, 0.3) is 0 Å². The van der Waals surface area contributed by atoms with E-state index in [0.717, 1.165) is 0 Å². The summed E-state index contributed by atoms with van der Waals surface area (Å²) in [7, 11) is -3.36. The summed E-state index contributed by atoms with van der Waals surface area (Å²) in [6.45, 7) is 20.2. The van der Waals surface area contributed by atoms with Crippen LogP contribution >= 0.6 is 0 Å². The van der Waals surface area contributed by atoms with E-state index in [0.29, 0.717) is 0 Å². The molecule has 6 nitrogen and oxygen atoms in total. The van der Waals surface area contributed by atoms with Gasteiger partial charge in [0.05, 0.1) is 0 Å². The Labute approximate surface area is 155 Å². The molecule has 25 heavy (non-hydrogen) atoms. The van der Waals surface area contributed by atoms with Crippen molar-refractivity contribution in [3.05, 3.63) is 0 Å². The zero-order valence-corrected chi connectivity index (χ0v) is 19.7. The van der Waals surface area contributed by atoms with Crippen molar-refractivity contribution in [2.24, 2.45) is 5.92 Å². The third-order valence-corrected chi connectivity index (χ3v) is 11.5. The molecular weight excluding hydrogens is 354 g/mol. The largest absolute Gasteiger partial charge is 0.441 e. The normalized spacial score (nSPS) is 26.1. The second-order valence-corrected chi connectivity index (χ2v) is 15.8. The minimum Gasteiger partial charge on any atom is -0.441 e. The minimum atomic E-state index is -1.68. The Kier molecular flexibility index (Phi) is 6.70. The molecule has 1 amide bonds. The van der Waals surface area contributed by atoms with Crippen molar-refractivity contribution in [1.29, 1.82) is 0 Å². The first-order chi connectivity index (χ1) is 11.1. The van der Waals surface area contributed by atoms with E-state index < -0.39 is 42.0 Å². The molecule has 1 rings (SSSR count). The molecule has 0 spiro atoms. The maximum atomic E-state index is 12.3. The van der Waals surface area contributed by atoms with Crippen LogP contribution in [0, 0.1) is 5.92 Å². The second kappa shape index (κ2) is 7.50. The van der Waals surface area contributed by atoms with E-state index in [9.17, 15) is 9.59 Å². The van der Waals surface area contributed by atoms with Gasteiger partial charge in [0.1, 0.15) is 5.92 Å². The maximum Gasteiger partial charge on any atom is 0.304 e. The summed E-state index contributed by atoms with van der Waals surface area (Å²) in [6, 6.07) is 0. The van der Waals surface area contributed by atoms with Gasteiger partial charge >= 0.3 is 5.97 Å². The molecule has 1 N–H and O–H groups in total. The number of ether oxygens (including phenoxy) is 1. The number of carbonyl (C=O) groups is 2. The van der Waals surface area contributed by atoms with Crippen molar-refractivity contribution >= 4 is 30.0 Å². The highest BCUT2D eigenvalue weighted by atomic mass is 28.3. The fourth-order valence-corrected chi connectivity index (χ4v) is 5.00. The molecule has 0 saturated carbocycles. The monoisotopic (exact) mass is 389 g/mol. The fraction of sp³-hybridized carbons (Fsp3) is 0.882. The topological polar surface area (TPSA) is 73.9 Å². The first-order valence-electron chi connectivity index (χ1n) is 8.91. The molecule has 4 atom stereocenters. The number of amides is 1. The molecule has 0 aromatic carbocycles. The van der Waals surface area contributed by atoms with Crippen LogP contribution in [0.2, 0.25) is 23.2 Å². The van der Waals surface area contributed by atoms with Crippen LogP contribution in [-0.2, 0) is 23.2 Å². The van der Waals surface area contributed by atoms with Gasteiger partial charge in [-0.2, -0.15) is 0 Å². The Morgan fingerprint density at radius 3 is 1.64 bits per heavy atom. The summed E-state index contributed by atoms with van der Waals surface area (Å²) in [5, 5.41) is 2.69. The summed E-state index contributed by atoms with van der Waals surface area (Å²) in [5.74, 6) is -2.36. The lowest BCUT2D eigenvalue weighted by Gasteiger charge is -2.50. The van der Waals surface area contributed by atoms with Gasteiger partial charge in [-0.1, -0.05) is 41.5 Å². The molecule has 0 aromatic heterocycles. The minimum absolute atomic E-state index is 0.0221. The molecule has 1 fully saturated rings. The van der Waals surface area contributed by atoms with Crippen LogP contribution in [0.15, 0.2) is 0 Å². The third-order valence-electron chi connectivity index (χ3n) is 4.99. The van der Waals surface area contributed by atoms with Crippen LogP contribution in [0.3, 0.4) is 0 Å². The molecule has 146 valence electrons. The Morgan fingerprint density at radius 1 is 0.960 bits per heavy atom. The first-order valence-corrected chi connectivity index (χ1v) is 13.3. The SMILES string of the molecule is CC(=O)OC1NC(=O)C1C(C)(O[SiH](C)C(C)(C)C)O[SiH](C)C(C)(C)C. The summed E-state index contributed by atoms with van der Waals surface area (Å²) in [4.78, 5) is 23.7. The lowest BCUT2D eigenvalue weighted by Crippen LogP contribution is -2.70. The number of hydrogen-bond acceptors (Lipinski definition) is 5. The van der Waals surface area contributed by atoms with Crippen LogP contribution in [-0.4, -0.2) is 42.0 Å². The highest BCUT2D eigenvalue weighted by Gasteiger charge is 2.57. The van der Waals surface area contributed by atoms with Crippen molar-refractivity contribution in [2.45, 2.75) is 90.6 Å². The number of rotatable bonds is 6. The van der Waals surface area contributed by atoms with Gasteiger partial charge in [-0.25, -0.2) is 0 Å². The zero-order chi connectivity index (χ0) is 19.8. The highest BCUT2D eigenvalue weighted by molar-refractivity contribution is 6.55. The smallest absolute Gasteiger partial charge is 0.304 e. The average molecular weight is 390 g/mol. The quantitative estimate of drug-likeness (QED) is 0.327. The lowest BCUT2D eigenvalue weighted by atomic mass is 9.90. The van der Waals surface area contributed by atoms with Crippen LogP contribution in [0.1, 0.15) is 55.4 Å². The summed E-state index contributed by atoms with van der Waals surface area (Å²) in [6.07, 6.45) is -0.697. The van der Waals surface area contributed by atoms with Crippen molar-refractivity contribution in [2.75, 3.05) is 0 Å². The molecule has 8 heteroatoms. The van der Waals surface area contributed by atoms with E-state index in [1.807, 2.05) is 6.92 Å². The number of β-lactam (4-membered cyclic amide) rings is 1. The van der Waals surface area contributed by atoms with Crippen LogP contribution < -0.4 is 5.32 Å². The predicted molar refractivity (Wildman–Crippen MR) is 103 cm³/mol. The Balaban J connectivity index is 3.13. The van der Waals surface area contributed by atoms with Crippen molar-refractivity contribution in [3.63, 3.8) is 0 Å². The van der Waals surface area contributed by atoms with E-state index in [1.54, 1.807) is 0 Å². The average Bonchev–Trinajstić information content (AvgIpc) is 2.33. The number of hydrogen-bond donors (Lipinski definition) is 1. The van der Waals surface area contributed by atoms with Crippen molar-refractivity contribution < 1.29 is 23.2 Å². The second-order valence-electron chi connectivity index (χ2n) is 9.28. The Bertz CT molecular complexity index is 490. The summed E-state index contributed by atoms with van der Waals surface area (Å²) in [5.41, 5.74) is 0. The molecular formula is C17H35NO5Si2. The van der Waals surface area contributed by atoms with Gasteiger partial charge in [-0.3, -0.25) is 9.59 Å². The fourth-order valence-electron chi connectivity index (χ4n) is 2.37. The molecule has 0 aliphatic carbocycles. The van der Waals surface area contributed by atoms with Crippen molar-refractivity contribution in [3.8, 4) is 0 Å². The number of esters is 1. The maximum absolute atomic E-state index is 12.3. The molecule has 0 aromatic rings. The Morgan fingerprint density at radius 2 is 1.36 bits per heavy atom. The van der Waals surface area contributed by atoms with Gasteiger partial charge in [0.25, 0.3) is 0 Å². The number of nitrogens with one attached hydrogen (secondary N) is 1. The first kappa shape index (κ1) is 22.3. The Hall–Kier alpha value is -0.706. The molecule has 1 saturated heterocycles. The van der Waals surface area contributed by atoms with E-state index in [4.69, 9.17) is 13.6 Å². The zero-order valence-electron chi connectivity index (χ0n) is 17.4. The molecule has 1 aliphatic heterocycles. The van der Waals surface area contributed by atoms with Crippen LogP contribution in [0.4, 0.5) is 0 Å². The van der Waals surface area contributed by atoms with Gasteiger partial charge in [-0.05, 0) is 30.1 Å². The molecule has 0 bridgehead atoms. The van der Waals surface area contributed by atoms with E-state index in [-0.39, 0.29) is 16.0 Å². The van der Waals surface area contributed by atoms with E-state index in [2.05, 4.69) is 60.0 Å². The van der Waals surface area contributed by atoms with Gasteiger partial charge in [0.2, 0.25) is 5.91 Å². The summed E-state index contributed by atoms with van der Waals surface area (Å²) >= 11 is 0. The predicted octanol–water partition coefficient (Wildman–Crippen LogP) is 2.68. The van der Waals surface area contributed by atoms with Gasteiger partial charge < -0.3 is 18.9 Å². The molecule has 1 heterocycles.